The van der Waals surface area contributed by atoms with Crippen LogP contribution in [0.2, 0.25) is 0 Å². The minimum atomic E-state index is -3.31. The Kier molecular flexibility index (Phi) is 3.77. The van der Waals surface area contributed by atoms with Gasteiger partial charge in [-0.1, -0.05) is 0 Å². The Morgan fingerprint density at radius 3 is 2.37 bits per heavy atom. The summed E-state index contributed by atoms with van der Waals surface area (Å²) in [5, 5.41) is 0. The van der Waals surface area contributed by atoms with Crippen LogP contribution in [-0.4, -0.2) is 49.8 Å². The Morgan fingerprint density at radius 2 is 1.89 bits per heavy atom. The van der Waals surface area contributed by atoms with E-state index in [9.17, 15) is 8.42 Å². The lowest BCUT2D eigenvalue weighted by molar-refractivity contribution is 0.180. The molecule has 1 aromatic rings. The van der Waals surface area contributed by atoms with Gasteiger partial charge in [0.15, 0.2) is 0 Å². The molecule has 0 radical (unpaired) electrons. The number of sulfonamides is 1. The number of aryl methyl sites for hydroxylation is 1. The lowest BCUT2D eigenvalue weighted by Gasteiger charge is -2.33. The molecule has 106 valence electrons. The van der Waals surface area contributed by atoms with Gasteiger partial charge in [0.25, 0.3) is 0 Å². The fourth-order valence-corrected chi connectivity index (χ4v) is 6.38. The van der Waals surface area contributed by atoms with E-state index in [1.54, 1.807) is 10.4 Å². The van der Waals surface area contributed by atoms with Crippen molar-refractivity contribution in [1.29, 1.82) is 0 Å². The Labute approximate surface area is 126 Å². The molecule has 0 unspecified atom stereocenters. The molecule has 0 bridgehead atoms. The highest BCUT2D eigenvalue weighted by Gasteiger charge is 2.35. The van der Waals surface area contributed by atoms with E-state index in [1.807, 2.05) is 6.92 Å². The first-order valence-corrected chi connectivity index (χ1v) is 9.53. The SMILES string of the molecule is Cc1sc(Br)cc1S(=O)(=O)N1CCN(C2CC2)CC1. The van der Waals surface area contributed by atoms with Gasteiger partial charge in [0.2, 0.25) is 10.0 Å². The van der Waals surface area contributed by atoms with E-state index in [4.69, 9.17) is 0 Å². The number of rotatable bonds is 3. The quantitative estimate of drug-likeness (QED) is 0.825. The van der Waals surface area contributed by atoms with Crippen LogP contribution in [0.4, 0.5) is 0 Å². The Morgan fingerprint density at radius 1 is 1.26 bits per heavy atom. The van der Waals surface area contributed by atoms with E-state index in [-0.39, 0.29) is 0 Å². The van der Waals surface area contributed by atoms with Crippen LogP contribution in [0.3, 0.4) is 0 Å². The summed E-state index contributed by atoms with van der Waals surface area (Å²) >= 11 is 4.84. The number of hydrogen-bond donors (Lipinski definition) is 0. The van der Waals surface area contributed by atoms with Crippen molar-refractivity contribution in [2.24, 2.45) is 0 Å². The maximum absolute atomic E-state index is 12.6. The topological polar surface area (TPSA) is 40.6 Å². The first-order valence-electron chi connectivity index (χ1n) is 6.48. The predicted octanol–water partition coefficient (Wildman–Crippen LogP) is 2.29. The first kappa shape index (κ1) is 14.0. The Hall–Kier alpha value is 0.0500. The van der Waals surface area contributed by atoms with Crippen molar-refractivity contribution in [3.8, 4) is 0 Å². The first-order chi connectivity index (χ1) is 8.98. The molecule has 2 fully saturated rings. The van der Waals surface area contributed by atoms with E-state index in [2.05, 4.69) is 20.8 Å². The van der Waals surface area contributed by atoms with Crippen LogP contribution >= 0.6 is 27.3 Å². The fourth-order valence-electron chi connectivity index (χ4n) is 2.57. The van der Waals surface area contributed by atoms with Crippen molar-refractivity contribution in [3.05, 3.63) is 14.7 Å². The van der Waals surface area contributed by atoms with Crippen molar-refractivity contribution in [2.75, 3.05) is 26.2 Å². The predicted molar refractivity (Wildman–Crippen MR) is 80.1 cm³/mol. The lowest BCUT2D eigenvalue weighted by Crippen LogP contribution is -2.49. The molecule has 1 aliphatic heterocycles. The molecule has 1 aliphatic carbocycles. The van der Waals surface area contributed by atoms with Crippen molar-refractivity contribution in [3.63, 3.8) is 0 Å². The molecule has 0 atom stereocenters. The van der Waals surface area contributed by atoms with E-state index < -0.39 is 10.0 Å². The highest BCUT2D eigenvalue weighted by Crippen LogP contribution is 2.33. The molecule has 3 rings (SSSR count). The van der Waals surface area contributed by atoms with Crippen LogP contribution in [-0.2, 0) is 10.0 Å². The molecule has 0 spiro atoms. The molecule has 0 aromatic carbocycles. The lowest BCUT2D eigenvalue weighted by atomic mass is 10.3. The number of nitrogens with zero attached hydrogens (tertiary/aromatic N) is 2. The summed E-state index contributed by atoms with van der Waals surface area (Å²) in [4.78, 5) is 3.74. The Bertz CT molecular complexity index is 573. The number of hydrogen-bond acceptors (Lipinski definition) is 4. The standard InChI is InChI=1S/C12H17BrN2O2S2/c1-9-11(8-12(13)18-9)19(16,17)15-6-4-14(5-7-15)10-2-3-10/h8,10H,2-7H2,1H3. The minimum Gasteiger partial charge on any atom is -0.298 e. The van der Waals surface area contributed by atoms with Gasteiger partial charge < -0.3 is 0 Å². The van der Waals surface area contributed by atoms with E-state index in [1.165, 1.54) is 24.2 Å². The van der Waals surface area contributed by atoms with Crippen LogP contribution in [0, 0.1) is 6.92 Å². The summed E-state index contributed by atoms with van der Waals surface area (Å²) in [6.45, 7) is 4.84. The van der Waals surface area contributed by atoms with Crippen LogP contribution in [0.1, 0.15) is 17.7 Å². The number of thiophene rings is 1. The third kappa shape index (κ3) is 2.76. The fraction of sp³-hybridized carbons (Fsp3) is 0.667. The molecule has 7 heteroatoms. The zero-order valence-corrected chi connectivity index (χ0v) is 14.0. The average molecular weight is 365 g/mol. The monoisotopic (exact) mass is 364 g/mol. The summed E-state index contributed by atoms with van der Waals surface area (Å²) in [6.07, 6.45) is 2.56. The largest absolute Gasteiger partial charge is 0.298 e. The summed E-state index contributed by atoms with van der Waals surface area (Å²) in [5.74, 6) is 0. The molecule has 0 amide bonds. The smallest absolute Gasteiger partial charge is 0.244 e. The average Bonchev–Trinajstić information content (AvgIpc) is 3.15. The number of halogens is 1. The highest BCUT2D eigenvalue weighted by molar-refractivity contribution is 9.11. The van der Waals surface area contributed by atoms with E-state index in [0.29, 0.717) is 18.0 Å². The molecule has 2 heterocycles. The molecular formula is C12H17BrN2O2S2. The van der Waals surface area contributed by atoms with Gasteiger partial charge in [-0.15, -0.1) is 11.3 Å². The third-order valence-electron chi connectivity index (χ3n) is 3.80. The molecule has 1 saturated heterocycles. The summed E-state index contributed by atoms with van der Waals surface area (Å²) in [7, 11) is -3.31. The molecule has 1 saturated carbocycles. The second kappa shape index (κ2) is 5.11. The van der Waals surface area contributed by atoms with Crippen molar-refractivity contribution >= 4 is 37.3 Å². The third-order valence-corrected chi connectivity index (χ3v) is 7.50. The van der Waals surface area contributed by atoms with Crippen LogP contribution in [0.25, 0.3) is 0 Å². The minimum absolute atomic E-state index is 0.462. The molecule has 0 N–H and O–H groups in total. The van der Waals surface area contributed by atoms with Gasteiger partial charge >= 0.3 is 0 Å². The number of piperazine rings is 1. The van der Waals surface area contributed by atoms with Gasteiger partial charge in [0, 0.05) is 37.1 Å². The van der Waals surface area contributed by atoms with Crippen LogP contribution < -0.4 is 0 Å². The van der Waals surface area contributed by atoms with Gasteiger partial charge in [-0.2, -0.15) is 4.31 Å². The van der Waals surface area contributed by atoms with Gasteiger partial charge in [-0.05, 0) is 41.8 Å². The maximum atomic E-state index is 12.6. The molecule has 1 aromatic heterocycles. The summed E-state index contributed by atoms with van der Waals surface area (Å²) < 4.78 is 27.7. The summed E-state index contributed by atoms with van der Waals surface area (Å²) in [6, 6.07) is 2.45. The van der Waals surface area contributed by atoms with Gasteiger partial charge in [-0.3, -0.25) is 4.90 Å². The second-order valence-corrected chi connectivity index (χ2v) is 9.68. The molecular weight excluding hydrogens is 348 g/mol. The van der Waals surface area contributed by atoms with Crippen LogP contribution in [0.5, 0.6) is 0 Å². The van der Waals surface area contributed by atoms with Crippen molar-refractivity contribution < 1.29 is 8.42 Å². The molecule has 2 aliphatic rings. The highest BCUT2D eigenvalue weighted by atomic mass is 79.9. The van der Waals surface area contributed by atoms with Crippen molar-refractivity contribution in [1.82, 2.24) is 9.21 Å². The molecule has 4 nitrogen and oxygen atoms in total. The van der Waals surface area contributed by atoms with E-state index >= 15 is 0 Å². The van der Waals surface area contributed by atoms with Gasteiger partial charge in [0.05, 0.1) is 8.68 Å². The van der Waals surface area contributed by atoms with Crippen LogP contribution in [0.15, 0.2) is 14.7 Å². The molecule has 19 heavy (non-hydrogen) atoms. The van der Waals surface area contributed by atoms with Gasteiger partial charge in [-0.25, -0.2) is 8.42 Å². The maximum Gasteiger partial charge on any atom is 0.244 e. The second-order valence-electron chi connectivity index (χ2n) is 5.14. The van der Waals surface area contributed by atoms with E-state index in [0.717, 1.165) is 27.8 Å². The zero-order valence-electron chi connectivity index (χ0n) is 10.8. The zero-order chi connectivity index (χ0) is 13.6. The Balaban J connectivity index is 1.76. The summed E-state index contributed by atoms with van der Waals surface area (Å²) in [5.41, 5.74) is 0. The van der Waals surface area contributed by atoms with Crippen molar-refractivity contribution in [2.45, 2.75) is 30.7 Å². The normalized spacial score (nSPS) is 22.8. The van der Waals surface area contributed by atoms with Gasteiger partial charge in [0.1, 0.15) is 0 Å².